The summed E-state index contributed by atoms with van der Waals surface area (Å²) in [6.07, 6.45) is 1.92. The van der Waals surface area contributed by atoms with Gasteiger partial charge in [-0.05, 0) is 55.3 Å². The molecule has 2 N–H and O–H groups in total. The van der Waals surface area contributed by atoms with Gasteiger partial charge < -0.3 is 28.4 Å². The lowest BCUT2D eigenvalue weighted by atomic mass is 10.1. The van der Waals surface area contributed by atoms with Gasteiger partial charge in [0, 0.05) is 11.9 Å². The van der Waals surface area contributed by atoms with Crippen molar-refractivity contribution >= 4 is 22.8 Å². The van der Waals surface area contributed by atoms with Crippen molar-refractivity contribution in [2.75, 3.05) is 27.4 Å². The van der Waals surface area contributed by atoms with Gasteiger partial charge in [0.2, 0.25) is 5.55 Å². The largest absolute Gasteiger partial charge is 0.493 e. The Hall–Kier alpha value is -4.73. The van der Waals surface area contributed by atoms with E-state index in [2.05, 4.69) is 15.8 Å². The maximum absolute atomic E-state index is 13.2. The molecule has 37 heavy (non-hydrogen) atoms. The molecule has 0 radical (unpaired) electrons. The second-order valence-corrected chi connectivity index (χ2v) is 7.80. The van der Waals surface area contributed by atoms with E-state index in [0.29, 0.717) is 47.8 Å². The number of amides is 2. The van der Waals surface area contributed by atoms with Crippen molar-refractivity contribution in [3.63, 3.8) is 0 Å². The molecule has 4 rings (SSSR count). The fourth-order valence-electron chi connectivity index (χ4n) is 3.66. The van der Waals surface area contributed by atoms with Crippen molar-refractivity contribution < 1.29 is 32.6 Å². The average Bonchev–Trinajstić information content (AvgIpc) is 3.47. The van der Waals surface area contributed by atoms with E-state index in [1.807, 2.05) is 25.1 Å². The quantitative estimate of drug-likeness (QED) is 0.315. The van der Waals surface area contributed by atoms with E-state index >= 15 is 0 Å². The molecule has 4 aromatic rings. The Kier molecular flexibility index (Phi) is 8.09. The molecule has 2 amide bonds. The molecule has 2 aromatic heterocycles. The summed E-state index contributed by atoms with van der Waals surface area (Å²) in [5.41, 5.74) is 3.79. The van der Waals surface area contributed by atoms with Crippen molar-refractivity contribution in [1.29, 1.82) is 0 Å². The Balaban J connectivity index is 1.60. The van der Waals surface area contributed by atoms with Crippen LogP contribution < -0.4 is 30.5 Å². The minimum atomic E-state index is -0.585. The molecule has 0 unspecified atom stereocenters. The SMILES string of the molecule is CCOc1cccc2cc(C(=O)NCCc3ccc(OC)c(OC)c3)/c(=N/NC(=O)c3ccco3)oc12. The molecule has 0 fully saturated rings. The Morgan fingerprint density at radius 1 is 0.946 bits per heavy atom. The van der Waals surface area contributed by atoms with Crippen molar-refractivity contribution in [2.45, 2.75) is 13.3 Å². The monoisotopic (exact) mass is 505 g/mol. The van der Waals surface area contributed by atoms with Gasteiger partial charge in [0.25, 0.3) is 5.91 Å². The minimum absolute atomic E-state index is 0.0699. The van der Waals surface area contributed by atoms with Gasteiger partial charge in [-0.3, -0.25) is 9.59 Å². The van der Waals surface area contributed by atoms with E-state index in [1.165, 1.54) is 12.3 Å². The van der Waals surface area contributed by atoms with E-state index in [-0.39, 0.29) is 16.9 Å². The third-order valence-electron chi connectivity index (χ3n) is 5.43. The van der Waals surface area contributed by atoms with Crippen molar-refractivity contribution in [3.8, 4) is 17.2 Å². The number of ether oxygens (including phenoxy) is 3. The summed E-state index contributed by atoms with van der Waals surface area (Å²) in [6.45, 7) is 2.62. The summed E-state index contributed by atoms with van der Waals surface area (Å²) in [4.78, 5) is 25.5. The van der Waals surface area contributed by atoms with Gasteiger partial charge in [-0.25, -0.2) is 5.43 Å². The number of methoxy groups -OCH3 is 2. The molecule has 10 heteroatoms. The number of hydrogen-bond donors (Lipinski definition) is 2. The highest BCUT2D eigenvalue weighted by Crippen LogP contribution is 2.28. The fraction of sp³-hybridized carbons (Fsp3) is 0.222. The summed E-state index contributed by atoms with van der Waals surface area (Å²) in [7, 11) is 3.14. The maximum Gasteiger partial charge on any atom is 0.307 e. The number of rotatable bonds is 10. The first-order chi connectivity index (χ1) is 18.0. The Bertz CT molecular complexity index is 1460. The Morgan fingerprint density at radius 3 is 2.51 bits per heavy atom. The lowest BCUT2D eigenvalue weighted by Crippen LogP contribution is -2.32. The number of carbonyl (C=O) groups is 2. The molecule has 0 bridgehead atoms. The van der Waals surface area contributed by atoms with Crippen LogP contribution in [0.25, 0.3) is 11.0 Å². The fourth-order valence-corrected chi connectivity index (χ4v) is 3.66. The van der Waals surface area contributed by atoms with E-state index < -0.39 is 11.8 Å². The van der Waals surface area contributed by atoms with Gasteiger partial charge in [-0.15, -0.1) is 5.10 Å². The van der Waals surface area contributed by atoms with Crippen LogP contribution >= 0.6 is 0 Å². The van der Waals surface area contributed by atoms with E-state index in [9.17, 15) is 9.59 Å². The number of carbonyl (C=O) groups excluding carboxylic acids is 2. The second-order valence-electron chi connectivity index (χ2n) is 7.80. The average molecular weight is 506 g/mol. The van der Waals surface area contributed by atoms with Gasteiger partial charge in [-0.1, -0.05) is 18.2 Å². The lowest BCUT2D eigenvalue weighted by Gasteiger charge is -2.11. The third kappa shape index (κ3) is 5.92. The third-order valence-corrected chi connectivity index (χ3v) is 5.43. The maximum atomic E-state index is 13.2. The highest BCUT2D eigenvalue weighted by molar-refractivity contribution is 5.97. The molecular formula is C27H27N3O7. The van der Waals surface area contributed by atoms with Crippen LogP contribution in [0, 0.1) is 0 Å². The Morgan fingerprint density at radius 2 is 1.78 bits per heavy atom. The first-order valence-corrected chi connectivity index (χ1v) is 11.6. The molecule has 0 aliphatic carbocycles. The number of benzene rings is 2. The van der Waals surface area contributed by atoms with E-state index in [1.54, 1.807) is 44.6 Å². The molecular weight excluding hydrogens is 478 g/mol. The van der Waals surface area contributed by atoms with E-state index in [4.69, 9.17) is 23.0 Å². The van der Waals surface area contributed by atoms with Crippen LogP contribution in [-0.4, -0.2) is 39.2 Å². The van der Waals surface area contributed by atoms with Crippen LogP contribution in [-0.2, 0) is 6.42 Å². The normalized spacial score (nSPS) is 11.3. The molecule has 0 saturated carbocycles. The highest BCUT2D eigenvalue weighted by atomic mass is 16.5. The first kappa shape index (κ1) is 25.4. The van der Waals surface area contributed by atoms with Crippen LogP contribution in [0.5, 0.6) is 17.2 Å². The number of fused-ring (bicyclic) bond motifs is 1. The number of para-hydroxylation sites is 1. The number of furan rings is 1. The summed E-state index contributed by atoms with van der Waals surface area (Å²) < 4.78 is 27.3. The van der Waals surface area contributed by atoms with Gasteiger partial charge in [0.1, 0.15) is 5.56 Å². The zero-order chi connectivity index (χ0) is 26.2. The van der Waals surface area contributed by atoms with Crippen LogP contribution in [0.1, 0.15) is 33.4 Å². The zero-order valence-electron chi connectivity index (χ0n) is 20.7. The van der Waals surface area contributed by atoms with Crippen molar-refractivity contribution in [3.05, 3.63) is 83.3 Å². The molecule has 0 aliphatic rings. The summed E-state index contributed by atoms with van der Waals surface area (Å²) in [5, 5.41) is 7.60. The number of hydrogen-bond acceptors (Lipinski definition) is 8. The van der Waals surface area contributed by atoms with Crippen LogP contribution in [0.2, 0.25) is 0 Å². The Labute approximate surface area is 212 Å². The first-order valence-electron chi connectivity index (χ1n) is 11.6. The van der Waals surface area contributed by atoms with E-state index in [0.717, 1.165) is 5.56 Å². The molecule has 0 spiro atoms. The topological polar surface area (TPSA) is 125 Å². The van der Waals surface area contributed by atoms with Crippen LogP contribution in [0.3, 0.4) is 0 Å². The minimum Gasteiger partial charge on any atom is -0.493 e. The molecule has 0 saturated heterocycles. The summed E-state index contributed by atoms with van der Waals surface area (Å²) in [5.74, 6) is 0.798. The lowest BCUT2D eigenvalue weighted by molar-refractivity contribution is 0.0916. The van der Waals surface area contributed by atoms with Crippen LogP contribution in [0.15, 0.2) is 74.8 Å². The summed E-state index contributed by atoms with van der Waals surface area (Å²) >= 11 is 0. The predicted octanol–water partition coefficient (Wildman–Crippen LogP) is 3.66. The van der Waals surface area contributed by atoms with Gasteiger partial charge in [-0.2, -0.15) is 0 Å². The standard InChI is InChI=1S/C27H27N3O7/c1-4-35-21-8-5-7-18-16-19(27(37-24(18)21)30-29-26(32)22-9-6-14-36-22)25(31)28-13-12-17-10-11-20(33-2)23(15-17)34-3/h5-11,14-16H,4,12-13H2,1-3H3,(H,28,31)(H,29,32)/b30-27-. The van der Waals surface area contributed by atoms with Gasteiger partial charge >= 0.3 is 5.91 Å². The molecule has 2 heterocycles. The summed E-state index contributed by atoms with van der Waals surface area (Å²) in [6, 6.07) is 15.7. The van der Waals surface area contributed by atoms with Crippen LogP contribution in [0.4, 0.5) is 0 Å². The predicted molar refractivity (Wildman–Crippen MR) is 135 cm³/mol. The number of nitrogens with one attached hydrogen (secondary N) is 2. The number of nitrogens with zero attached hydrogens (tertiary/aromatic N) is 1. The zero-order valence-corrected chi connectivity index (χ0v) is 20.7. The molecule has 192 valence electrons. The van der Waals surface area contributed by atoms with Crippen molar-refractivity contribution in [1.82, 2.24) is 10.7 Å². The molecule has 10 nitrogen and oxygen atoms in total. The van der Waals surface area contributed by atoms with Crippen molar-refractivity contribution in [2.24, 2.45) is 5.10 Å². The smallest absolute Gasteiger partial charge is 0.307 e. The highest BCUT2D eigenvalue weighted by Gasteiger charge is 2.16. The second kappa shape index (κ2) is 11.8. The molecule has 0 aliphatic heterocycles. The molecule has 2 aromatic carbocycles. The molecule has 0 atom stereocenters. The van der Waals surface area contributed by atoms with Gasteiger partial charge in [0.15, 0.2) is 28.6 Å². The van der Waals surface area contributed by atoms with Gasteiger partial charge in [0.05, 0.1) is 27.1 Å².